The van der Waals surface area contributed by atoms with E-state index in [0.717, 1.165) is 5.56 Å². The molecule has 3 rings (SSSR count). The van der Waals surface area contributed by atoms with E-state index in [0.29, 0.717) is 23.3 Å². The number of benzene rings is 2. The second-order valence-corrected chi connectivity index (χ2v) is 9.78. The van der Waals surface area contributed by atoms with Gasteiger partial charge in [0.2, 0.25) is 5.88 Å². The van der Waals surface area contributed by atoms with Gasteiger partial charge in [-0.15, -0.1) is 0 Å². The standard InChI is InChI=1S/C29H34N2O7/c1-29(2,3)38-28(35)31(18-24(34)20-36-25-9-5-4-6-10-25)17-23(33)16-21-11-13-26(14-12-21)37-27-22(19-32)8-7-15-30-27/h4-15,19,23-24,33-34H,16-18,20H2,1-3H3/t23?,24-/m0/s1. The average Bonchev–Trinajstić information content (AvgIpc) is 2.88. The van der Waals surface area contributed by atoms with Crippen molar-refractivity contribution in [3.8, 4) is 17.4 Å². The first kappa shape index (κ1) is 28.6. The second kappa shape index (κ2) is 13.6. The molecule has 0 bridgehead atoms. The fraction of sp³-hybridized carbons (Fsp3) is 0.345. The van der Waals surface area contributed by atoms with E-state index in [1.807, 2.05) is 18.2 Å². The van der Waals surface area contributed by atoms with Gasteiger partial charge in [0, 0.05) is 12.6 Å². The van der Waals surface area contributed by atoms with Gasteiger partial charge in [-0.05, 0) is 62.7 Å². The number of carbonyl (C=O) groups excluding carboxylic acids is 2. The van der Waals surface area contributed by atoms with Crippen molar-refractivity contribution in [1.82, 2.24) is 9.88 Å². The fourth-order valence-corrected chi connectivity index (χ4v) is 3.54. The highest BCUT2D eigenvalue weighted by Gasteiger charge is 2.26. The molecule has 2 atom stereocenters. The maximum atomic E-state index is 12.8. The second-order valence-electron chi connectivity index (χ2n) is 9.78. The number of aldehydes is 1. The maximum Gasteiger partial charge on any atom is 0.410 e. The van der Waals surface area contributed by atoms with Gasteiger partial charge in [-0.3, -0.25) is 4.79 Å². The summed E-state index contributed by atoms with van der Waals surface area (Å²) in [6, 6.07) is 19.3. The van der Waals surface area contributed by atoms with Crippen LogP contribution in [-0.2, 0) is 11.2 Å². The summed E-state index contributed by atoms with van der Waals surface area (Å²) in [7, 11) is 0. The number of hydrogen-bond donors (Lipinski definition) is 2. The van der Waals surface area contributed by atoms with Crippen LogP contribution in [0.4, 0.5) is 4.79 Å². The normalized spacial score (nSPS) is 12.8. The molecule has 0 aliphatic rings. The molecule has 0 radical (unpaired) electrons. The highest BCUT2D eigenvalue weighted by molar-refractivity contribution is 5.78. The zero-order chi connectivity index (χ0) is 27.5. The van der Waals surface area contributed by atoms with Crippen LogP contribution >= 0.6 is 0 Å². The third-order valence-electron chi connectivity index (χ3n) is 5.24. The number of carbonyl (C=O) groups is 2. The molecule has 0 aliphatic heterocycles. The average molecular weight is 523 g/mol. The van der Waals surface area contributed by atoms with Crippen molar-refractivity contribution in [1.29, 1.82) is 0 Å². The van der Waals surface area contributed by atoms with Crippen molar-refractivity contribution in [2.24, 2.45) is 0 Å². The minimum absolute atomic E-state index is 0.0248. The number of ether oxygens (including phenoxy) is 3. The lowest BCUT2D eigenvalue weighted by Gasteiger charge is -2.30. The number of aromatic nitrogens is 1. The van der Waals surface area contributed by atoms with Crippen LogP contribution in [0.2, 0.25) is 0 Å². The third kappa shape index (κ3) is 9.49. The Balaban J connectivity index is 1.59. The predicted molar refractivity (Wildman–Crippen MR) is 142 cm³/mol. The van der Waals surface area contributed by atoms with Gasteiger partial charge in [-0.1, -0.05) is 30.3 Å². The van der Waals surface area contributed by atoms with E-state index in [-0.39, 0.29) is 32.0 Å². The van der Waals surface area contributed by atoms with Crippen LogP contribution in [-0.4, -0.2) is 70.0 Å². The van der Waals surface area contributed by atoms with E-state index in [1.54, 1.807) is 69.3 Å². The van der Waals surface area contributed by atoms with Gasteiger partial charge in [-0.25, -0.2) is 9.78 Å². The smallest absolute Gasteiger partial charge is 0.410 e. The van der Waals surface area contributed by atoms with Gasteiger partial charge in [0.05, 0.1) is 24.8 Å². The van der Waals surface area contributed by atoms with Gasteiger partial charge >= 0.3 is 6.09 Å². The van der Waals surface area contributed by atoms with Gasteiger partial charge in [0.15, 0.2) is 6.29 Å². The Labute approximate surface area is 222 Å². The number of para-hydroxylation sites is 1. The lowest BCUT2D eigenvalue weighted by molar-refractivity contribution is -0.00207. The Kier molecular flexibility index (Phi) is 10.2. The maximum absolute atomic E-state index is 12.8. The van der Waals surface area contributed by atoms with E-state index in [4.69, 9.17) is 14.2 Å². The summed E-state index contributed by atoms with van der Waals surface area (Å²) in [4.78, 5) is 29.3. The van der Waals surface area contributed by atoms with Gasteiger partial charge in [0.1, 0.15) is 29.8 Å². The largest absolute Gasteiger partial charge is 0.491 e. The molecule has 1 amide bonds. The van der Waals surface area contributed by atoms with E-state index >= 15 is 0 Å². The lowest BCUT2D eigenvalue weighted by Crippen LogP contribution is -2.46. The Bertz CT molecular complexity index is 1160. The molecular weight excluding hydrogens is 488 g/mol. The summed E-state index contributed by atoms with van der Waals surface area (Å²) in [6.07, 6.45) is -0.0921. The molecule has 2 aromatic carbocycles. The SMILES string of the molecule is CC(C)(C)OC(=O)N(CC(O)Cc1ccc(Oc2ncccc2C=O)cc1)C[C@H](O)COc1ccccc1. The van der Waals surface area contributed by atoms with Crippen molar-refractivity contribution in [2.75, 3.05) is 19.7 Å². The minimum Gasteiger partial charge on any atom is -0.491 e. The molecule has 2 N–H and O–H groups in total. The number of nitrogens with zero attached hydrogens (tertiary/aromatic N) is 2. The van der Waals surface area contributed by atoms with E-state index in [1.165, 1.54) is 11.1 Å². The predicted octanol–water partition coefficient (Wildman–Crippen LogP) is 4.27. The molecule has 0 spiro atoms. The van der Waals surface area contributed by atoms with Crippen LogP contribution in [0, 0.1) is 0 Å². The van der Waals surface area contributed by atoms with Gasteiger partial charge in [-0.2, -0.15) is 0 Å². The summed E-state index contributed by atoms with van der Waals surface area (Å²) in [5.74, 6) is 1.30. The fourth-order valence-electron chi connectivity index (χ4n) is 3.54. The summed E-state index contributed by atoms with van der Waals surface area (Å²) < 4.78 is 16.8. The van der Waals surface area contributed by atoms with Crippen molar-refractivity contribution < 1.29 is 34.0 Å². The Morgan fingerprint density at radius 2 is 1.63 bits per heavy atom. The summed E-state index contributed by atoms with van der Waals surface area (Å²) >= 11 is 0. The molecule has 1 heterocycles. The zero-order valence-corrected chi connectivity index (χ0v) is 21.8. The Morgan fingerprint density at radius 1 is 0.947 bits per heavy atom. The summed E-state index contributed by atoms with van der Waals surface area (Å²) in [6.45, 7) is 5.10. The summed E-state index contributed by atoms with van der Waals surface area (Å²) in [5, 5.41) is 21.3. The van der Waals surface area contributed by atoms with Gasteiger partial charge < -0.3 is 29.3 Å². The molecule has 1 unspecified atom stereocenters. The van der Waals surface area contributed by atoms with E-state index < -0.39 is 23.9 Å². The third-order valence-corrected chi connectivity index (χ3v) is 5.24. The minimum atomic E-state index is -0.991. The number of rotatable bonds is 12. The first-order valence-electron chi connectivity index (χ1n) is 12.3. The van der Waals surface area contributed by atoms with Crippen LogP contribution in [0.1, 0.15) is 36.7 Å². The highest BCUT2D eigenvalue weighted by Crippen LogP contribution is 2.23. The molecule has 0 saturated carbocycles. The lowest BCUT2D eigenvalue weighted by atomic mass is 10.1. The van der Waals surface area contributed by atoms with Crippen molar-refractivity contribution in [2.45, 2.75) is 45.0 Å². The van der Waals surface area contributed by atoms with Crippen LogP contribution in [0.15, 0.2) is 72.9 Å². The molecule has 9 heteroatoms. The topological polar surface area (TPSA) is 118 Å². The van der Waals surface area contributed by atoms with Crippen LogP contribution in [0.3, 0.4) is 0 Å². The highest BCUT2D eigenvalue weighted by atomic mass is 16.6. The molecule has 1 aromatic heterocycles. The van der Waals surface area contributed by atoms with Crippen molar-refractivity contribution >= 4 is 12.4 Å². The molecule has 0 saturated heterocycles. The molecule has 38 heavy (non-hydrogen) atoms. The number of pyridine rings is 1. The van der Waals surface area contributed by atoms with Crippen molar-refractivity contribution in [3.63, 3.8) is 0 Å². The van der Waals surface area contributed by atoms with Crippen molar-refractivity contribution in [3.05, 3.63) is 84.1 Å². The molecule has 3 aromatic rings. The monoisotopic (exact) mass is 522 g/mol. The Morgan fingerprint density at radius 3 is 2.29 bits per heavy atom. The van der Waals surface area contributed by atoms with E-state index in [9.17, 15) is 19.8 Å². The number of amides is 1. The Hall–Kier alpha value is -3.95. The molecular formula is C29H34N2O7. The zero-order valence-electron chi connectivity index (χ0n) is 21.8. The van der Waals surface area contributed by atoms with Crippen LogP contribution in [0.25, 0.3) is 0 Å². The molecule has 0 aliphatic carbocycles. The first-order valence-corrected chi connectivity index (χ1v) is 12.3. The quantitative estimate of drug-likeness (QED) is 0.339. The number of hydrogen-bond acceptors (Lipinski definition) is 8. The van der Waals surface area contributed by atoms with Crippen LogP contribution in [0.5, 0.6) is 17.4 Å². The number of aliphatic hydroxyl groups is 2. The van der Waals surface area contributed by atoms with Gasteiger partial charge in [0.25, 0.3) is 0 Å². The summed E-state index contributed by atoms with van der Waals surface area (Å²) in [5.41, 5.74) is 0.406. The molecule has 202 valence electrons. The number of aliphatic hydroxyl groups excluding tert-OH is 2. The van der Waals surface area contributed by atoms with Crippen LogP contribution < -0.4 is 9.47 Å². The molecule has 0 fully saturated rings. The van der Waals surface area contributed by atoms with E-state index in [2.05, 4.69) is 4.98 Å². The molecule has 9 nitrogen and oxygen atoms in total. The first-order chi connectivity index (χ1) is 18.1.